The van der Waals surface area contributed by atoms with Gasteiger partial charge in [-0.1, -0.05) is 0 Å². The fraction of sp³-hybridized carbons (Fsp3) is 0.500. The maximum Gasteiger partial charge on any atom is 0.300 e. The molecule has 0 aliphatic rings. The molecule has 0 aliphatic carbocycles. The molecule has 0 radical (unpaired) electrons. The number of hydrogen-bond acceptors (Lipinski definition) is 5. The lowest BCUT2D eigenvalue weighted by atomic mass is 10.9. The van der Waals surface area contributed by atoms with Gasteiger partial charge in [-0.05, 0) is 0 Å². The fourth-order valence-electron chi connectivity index (χ4n) is 0. The monoisotopic (exact) mass is 336 g/mol. The van der Waals surface area contributed by atoms with Crippen LogP contribution in [0.25, 0.3) is 0 Å². The molecule has 0 aromatic rings. The lowest BCUT2D eigenvalue weighted by Crippen LogP contribution is -1.78. The molecule has 0 atom stereocenters. The van der Waals surface area contributed by atoms with Gasteiger partial charge in [0.25, 0.3) is 29.8 Å². The van der Waals surface area contributed by atoms with E-state index in [0.717, 1.165) is 34.6 Å². The molecule has 12 heteroatoms. The topological polar surface area (TPSA) is 249 Å². The van der Waals surface area contributed by atoms with Crippen molar-refractivity contribution in [2.24, 2.45) is 0 Å². The van der Waals surface area contributed by atoms with Gasteiger partial charge in [0.05, 0.1) is 0 Å². The van der Waals surface area contributed by atoms with Crippen molar-refractivity contribution in [3.05, 3.63) is 0 Å². The van der Waals surface area contributed by atoms with Gasteiger partial charge in [-0.3, -0.25) is 24.0 Å². The third-order valence-electron chi connectivity index (χ3n) is 0. The number of carboxylic acids is 5. The highest BCUT2D eigenvalue weighted by Gasteiger charge is 1.66. The highest BCUT2D eigenvalue weighted by molar-refractivity contribution is 5.63. The van der Waals surface area contributed by atoms with Crippen molar-refractivity contribution in [3.63, 3.8) is 0 Å². The molecule has 0 fully saturated rings. The number of rotatable bonds is 0. The summed E-state index contributed by atoms with van der Waals surface area (Å²) in [6.45, 7) is 5.42. The van der Waals surface area contributed by atoms with Crippen LogP contribution in [0.4, 0.5) is 0 Å². The fourth-order valence-corrected chi connectivity index (χ4v) is 0. The van der Waals surface area contributed by atoms with E-state index >= 15 is 0 Å². The first-order valence-corrected chi connectivity index (χ1v) is 4.64. The Morgan fingerprint density at radius 2 is 0.409 bits per heavy atom. The minimum atomic E-state index is -0.833. The Morgan fingerprint density at radius 3 is 0.409 bits per heavy atom. The van der Waals surface area contributed by atoms with Gasteiger partial charge >= 0.3 is 0 Å². The first-order chi connectivity index (χ1) is 8.66. The second-order valence-corrected chi connectivity index (χ2v) is 2.60. The van der Waals surface area contributed by atoms with Crippen LogP contribution < -0.4 is 0 Å². The summed E-state index contributed by atoms with van der Waals surface area (Å²) in [5.41, 5.74) is 0. The molecule has 0 saturated carbocycles. The summed E-state index contributed by atoms with van der Waals surface area (Å²) in [4.78, 5) is 45.0. The van der Waals surface area contributed by atoms with Crippen LogP contribution in [0, 0.1) is 0 Å². The molecule has 0 unspecified atom stereocenters. The van der Waals surface area contributed by atoms with Crippen molar-refractivity contribution in [2.75, 3.05) is 0 Å². The normalized spacial score (nSPS) is 5.68. The predicted octanol–water partition coefficient (Wildman–Crippen LogP) is -1.19. The van der Waals surface area contributed by atoms with Crippen LogP contribution in [-0.2, 0) is 24.0 Å². The van der Waals surface area contributed by atoms with E-state index in [4.69, 9.17) is 49.5 Å². The SMILES string of the molecule is CC(=O)O.CC(=O)O.CC(=O)O.CC(=O)O.CC(=O)O.O.O. The molecule has 0 amide bonds. The van der Waals surface area contributed by atoms with Crippen molar-refractivity contribution in [3.8, 4) is 0 Å². The van der Waals surface area contributed by atoms with Gasteiger partial charge < -0.3 is 36.5 Å². The molecule has 22 heavy (non-hydrogen) atoms. The van der Waals surface area contributed by atoms with Gasteiger partial charge in [-0.2, -0.15) is 0 Å². The molecule has 0 aromatic heterocycles. The molecule has 0 rings (SSSR count). The molecule has 0 heterocycles. The van der Waals surface area contributed by atoms with Crippen LogP contribution in [0.5, 0.6) is 0 Å². The first-order valence-electron chi connectivity index (χ1n) is 4.64. The minimum absolute atomic E-state index is 0. The molecule has 0 bridgehead atoms. The summed E-state index contributed by atoms with van der Waals surface area (Å²) in [6.07, 6.45) is 0. The Morgan fingerprint density at radius 1 is 0.409 bits per heavy atom. The first kappa shape index (κ1) is 42.7. The van der Waals surface area contributed by atoms with E-state index < -0.39 is 29.8 Å². The molecule has 136 valence electrons. The summed E-state index contributed by atoms with van der Waals surface area (Å²) in [5.74, 6) is -4.17. The molecular formula is C10H24O12. The van der Waals surface area contributed by atoms with Crippen LogP contribution in [0.2, 0.25) is 0 Å². The predicted molar refractivity (Wildman–Crippen MR) is 73.8 cm³/mol. The zero-order valence-electron chi connectivity index (χ0n) is 12.8. The zero-order valence-corrected chi connectivity index (χ0v) is 12.8. The third kappa shape index (κ3) is 613. The van der Waals surface area contributed by atoms with Gasteiger partial charge in [0.15, 0.2) is 0 Å². The summed E-state index contributed by atoms with van der Waals surface area (Å²) >= 11 is 0. The van der Waals surface area contributed by atoms with Crippen LogP contribution in [0.1, 0.15) is 34.6 Å². The number of hydrogen-bond donors (Lipinski definition) is 5. The highest BCUT2D eigenvalue weighted by Crippen LogP contribution is 1.43. The van der Waals surface area contributed by atoms with Gasteiger partial charge in [-0.25, -0.2) is 0 Å². The summed E-state index contributed by atoms with van der Waals surface area (Å²) < 4.78 is 0. The average molecular weight is 336 g/mol. The highest BCUT2D eigenvalue weighted by atomic mass is 16.4. The van der Waals surface area contributed by atoms with Gasteiger partial charge in [-0.15, -0.1) is 0 Å². The van der Waals surface area contributed by atoms with Gasteiger partial charge in [0.2, 0.25) is 0 Å². The molecule has 0 aromatic carbocycles. The summed E-state index contributed by atoms with van der Waals surface area (Å²) in [7, 11) is 0. The van der Waals surface area contributed by atoms with Gasteiger partial charge in [0.1, 0.15) is 0 Å². The standard InChI is InChI=1S/5C2H4O2.2H2O/c5*1-2(3)4;;/h5*1H3,(H,3,4);2*1H2. The zero-order chi connectivity index (χ0) is 17.9. The van der Waals surface area contributed by atoms with E-state index in [0.29, 0.717) is 0 Å². The molecule has 12 nitrogen and oxygen atoms in total. The van der Waals surface area contributed by atoms with E-state index in [1.807, 2.05) is 0 Å². The number of carboxylic acid groups (broad SMARTS) is 5. The Labute approximate surface area is 126 Å². The Bertz CT molecular complexity index is 207. The lowest BCUT2D eigenvalue weighted by Gasteiger charge is -1.59. The summed E-state index contributed by atoms with van der Waals surface area (Å²) in [5, 5.41) is 37.1. The number of aliphatic carboxylic acids is 5. The van der Waals surface area contributed by atoms with Crippen LogP contribution in [0.15, 0.2) is 0 Å². The van der Waals surface area contributed by atoms with E-state index in [1.165, 1.54) is 0 Å². The van der Waals surface area contributed by atoms with Crippen molar-refractivity contribution in [2.45, 2.75) is 34.6 Å². The summed E-state index contributed by atoms with van der Waals surface area (Å²) in [6, 6.07) is 0. The maximum atomic E-state index is 9.00. The van der Waals surface area contributed by atoms with E-state index in [1.54, 1.807) is 0 Å². The average Bonchev–Trinajstić information content (AvgIpc) is 1.94. The second-order valence-electron chi connectivity index (χ2n) is 2.60. The van der Waals surface area contributed by atoms with Crippen LogP contribution in [0.3, 0.4) is 0 Å². The molecule has 0 spiro atoms. The third-order valence-corrected chi connectivity index (χ3v) is 0. The van der Waals surface area contributed by atoms with Crippen LogP contribution >= 0.6 is 0 Å². The Hall–Kier alpha value is -2.73. The van der Waals surface area contributed by atoms with E-state index in [9.17, 15) is 0 Å². The molecule has 9 N–H and O–H groups in total. The van der Waals surface area contributed by atoms with E-state index in [2.05, 4.69) is 0 Å². The molecule has 0 aliphatic heterocycles. The van der Waals surface area contributed by atoms with Gasteiger partial charge in [0, 0.05) is 34.6 Å². The molecular weight excluding hydrogens is 312 g/mol. The van der Waals surface area contributed by atoms with Crippen molar-refractivity contribution in [1.82, 2.24) is 0 Å². The Kier molecular flexibility index (Phi) is 70.3. The number of carbonyl (C=O) groups is 5. The smallest absolute Gasteiger partial charge is 0.300 e. The second kappa shape index (κ2) is 36.2. The van der Waals surface area contributed by atoms with Crippen molar-refractivity contribution >= 4 is 29.8 Å². The lowest BCUT2D eigenvalue weighted by molar-refractivity contribution is -0.135. The largest absolute Gasteiger partial charge is 0.481 e. The minimum Gasteiger partial charge on any atom is -0.481 e. The quantitative estimate of drug-likeness (QED) is 0.353. The van der Waals surface area contributed by atoms with Crippen LogP contribution in [-0.4, -0.2) is 66.3 Å². The maximum absolute atomic E-state index is 9.00. The molecule has 0 saturated heterocycles. The Balaban J connectivity index is -0.0000000250. The van der Waals surface area contributed by atoms with E-state index in [-0.39, 0.29) is 11.0 Å². The van der Waals surface area contributed by atoms with Crippen molar-refractivity contribution in [1.29, 1.82) is 0 Å². The van der Waals surface area contributed by atoms with Crippen molar-refractivity contribution < 1.29 is 60.5 Å².